The van der Waals surface area contributed by atoms with Gasteiger partial charge in [0, 0.05) is 56.7 Å². The maximum Gasteiger partial charge on any atom is 0.490 e. The Kier molecular flexibility index (Phi) is 7.60. The zero-order valence-electron chi connectivity index (χ0n) is 20.7. The minimum Gasteiger partial charge on any atom is -0.475 e. The summed E-state index contributed by atoms with van der Waals surface area (Å²) in [5.74, 6) is -2.76. The Morgan fingerprint density at radius 2 is 1.73 bits per heavy atom. The number of hydrogen-bond donors (Lipinski definition) is 1. The normalized spacial score (nSPS) is 17.0. The number of aromatic nitrogens is 5. The molecule has 4 aromatic rings. The van der Waals surface area contributed by atoms with E-state index in [4.69, 9.17) is 9.90 Å². The number of pyridine rings is 1. The summed E-state index contributed by atoms with van der Waals surface area (Å²) in [6.07, 6.45) is 1.04. The molecule has 0 spiro atoms. The number of benzene rings is 1. The lowest BCUT2D eigenvalue weighted by atomic mass is 10.0. The van der Waals surface area contributed by atoms with Crippen LogP contribution in [0.3, 0.4) is 0 Å². The predicted octanol–water partition coefficient (Wildman–Crippen LogP) is 3.56. The van der Waals surface area contributed by atoms with Crippen molar-refractivity contribution in [2.24, 2.45) is 7.05 Å². The van der Waals surface area contributed by atoms with E-state index in [2.05, 4.69) is 88.0 Å². The van der Waals surface area contributed by atoms with Gasteiger partial charge in [-0.2, -0.15) is 18.3 Å². The number of hydrogen-bond acceptors (Lipinski definition) is 6. The number of fused-ring (bicyclic) bond motifs is 1. The molecule has 0 amide bonds. The lowest BCUT2D eigenvalue weighted by Crippen LogP contribution is -2.46. The van der Waals surface area contributed by atoms with Crippen LogP contribution in [0.25, 0.3) is 16.6 Å². The topological polar surface area (TPSA) is 91.8 Å². The van der Waals surface area contributed by atoms with Crippen molar-refractivity contribution in [1.82, 2.24) is 34.4 Å². The minimum atomic E-state index is -5.08. The third-order valence-corrected chi connectivity index (χ3v) is 6.28. The predicted molar refractivity (Wildman–Crippen MR) is 131 cm³/mol. The van der Waals surface area contributed by atoms with Gasteiger partial charge in [0.2, 0.25) is 0 Å². The van der Waals surface area contributed by atoms with Gasteiger partial charge in [0.05, 0.1) is 17.8 Å². The van der Waals surface area contributed by atoms with Crippen molar-refractivity contribution >= 4 is 11.5 Å². The van der Waals surface area contributed by atoms with Gasteiger partial charge < -0.3 is 5.11 Å². The zero-order chi connectivity index (χ0) is 26.7. The fourth-order valence-electron chi connectivity index (χ4n) is 4.25. The van der Waals surface area contributed by atoms with Gasteiger partial charge in [0.1, 0.15) is 5.69 Å². The molecule has 1 aromatic carbocycles. The molecule has 196 valence electrons. The lowest BCUT2D eigenvalue weighted by Gasteiger charge is -2.38. The summed E-state index contributed by atoms with van der Waals surface area (Å²) in [5.41, 5.74) is 6.97. The number of alkyl halides is 3. The quantitative estimate of drug-likeness (QED) is 0.444. The fraction of sp³-hybridized carbons (Fsp3) is 0.360. The summed E-state index contributed by atoms with van der Waals surface area (Å²) < 4.78 is 35.5. The maximum absolute atomic E-state index is 10.6. The van der Waals surface area contributed by atoms with E-state index in [0.717, 1.165) is 43.0 Å². The molecule has 1 aliphatic heterocycles. The van der Waals surface area contributed by atoms with Crippen molar-refractivity contribution in [3.05, 3.63) is 71.8 Å². The number of aliphatic carboxylic acids is 1. The van der Waals surface area contributed by atoms with Gasteiger partial charge in [0.15, 0.2) is 0 Å². The van der Waals surface area contributed by atoms with Gasteiger partial charge in [-0.15, -0.1) is 5.10 Å². The first-order chi connectivity index (χ1) is 17.5. The van der Waals surface area contributed by atoms with Crippen LogP contribution in [-0.2, 0) is 18.4 Å². The van der Waals surface area contributed by atoms with Gasteiger partial charge in [-0.05, 0) is 25.6 Å². The van der Waals surface area contributed by atoms with E-state index in [1.54, 1.807) is 0 Å². The average molecular weight is 516 g/mol. The third-order valence-electron chi connectivity index (χ3n) is 6.28. The molecular formula is C25H28F3N7O2. The van der Waals surface area contributed by atoms with Crippen LogP contribution in [0.2, 0.25) is 0 Å². The SMILES string of the molecule is Cc1ccc(-c2ccc3c(C4CN(Cc5cnn(C)c5)CCN4C)nnn3c2)cc1.O=C(O)C(F)(F)F. The Balaban J connectivity index is 0.000000405. The smallest absolute Gasteiger partial charge is 0.475 e. The molecular weight excluding hydrogens is 487 g/mol. The molecule has 0 saturated carbocycles. The number of aryl methyl sites for hydroxylation is 2. The number of piperazine rings is 1. The van der Waals surface area contributed by atoms with Crippen LogP contribution >= 0.6 is 0 Å². The number of carbonyl (C=O) groups is 1. The van der Waals surface area contributed by atoms with Gasteiger partial charge in [-0.25, -0.2) is 9.31 Å². The molecule has 5 rings (SSSR count). The second-order valence-electron chi connectivity index (χ2n) is 9.14. The number of carboxylic acids is 1. The molecule has 1 saturated heterocycles. The summed E-state index contributed by atoms with van der Waals surface area (Å²) in [5, 5.41) is 20.5. The lowest BCUT2D eigenvalue weighted by molar-refractivity contribution is -0.192. The number of rotatable bonds is 4. The molecule has 1 N–H and O–H groups in total. The molecule has 1 aliphatic rings. The molecule has 9 nitrogen and oxygen atoms in total. The Hall–Kier alpha value is -3.77. The molecule has 0 radical (unpaired) electrons. The van der Waals surface area contributed by atoms with Gasteiger partial charge >= 0.3 is 12.1 Å². The van der Waals surface area contributed by atoms with Crippen LogP contribution in [0.15, 0.2) is 55.0 Å². The second-order valence-corrected chi connectivity index (χ2v) is 9.14. The highest BCUT2D eigenvalue weighted by Gasteiger charge is 2.38. The minimum absolute atomic E-state index is 0.221. The van der Waals surface area contributed by atoms with Crippen LogP contribution in [0.1, 0.15) is 22.9 Å². The number of likely N-dealkylation sites (N-methyl/N-ethyl adjacent to an activating group) is 1. The Bertz CT molecular complexity index is 1360. The number of halogens is 3. The van der Waals surface area contributed by atoms with Crippen molar-refractivity contribution in [1.29, 1.82) is 0 Å². The standard InChI is InChI=1S/C23H27N7.C2HF3O2/c1-17-4-6-19(7-5-17)20-8-9-21-23(25-26-30(21)15-20)22-16-29(11-10-27(22)2)14-18-12-24-28(3)13-18;3-2(4,5)1(6)7/h4-9,12-13,15,22H,10-11,14,16H2,1-3H3;(H,6,7). The van der Waals surface area contributed by atoms with E-state index >= 15 is 0 Å². The average Bonchev–Trinajstić information content (AvgIpc) is 3.46. The van der Waals surface area contributed by atoms with Crippen LogP contribution in [0.4, 0.5) is 13.2 Å². The summed E-state index contributed by atoms with van der Waals surface area (Å²) in [6.45, 7) is 5.99. The Labute approximate surface area is 211 Å². The maximum atomic E-state index is 10.6. The van der Waals surface area contributed by atoms with Crippen molar-refractivity contribution in [2.45, 2.75) is 25.7 Å². The van der Waals surface area contributed by atoms with E-state index < -0.39 is 12.1 Å². The van der Waals surface area contributed by atoms with Crippen molar-refractivity contribution in [3.8, 4) is 11.1 Å². The molecule has 0 bridgehead atoms. The fourth-order valence-corrected chi connectivity index (χ4v) is 4.25. The Morgan fingerprint density at radius 1 is 1.05 bits per heavy atom. The van der Waals surface area contributed by atoms with E-state index in [0.29, 0.717) is 0 Å². The molecule has 12 heteroatoms. The van der Waals surface area contributed by atoms with Crippen LogP contribution in [-0.4, -0.2) is 78.3 Å². The first kappa shape index (κ1) is 26.3. The largest absolute Gasteiger partial charge is 0.490 e. The van der Waals surface area contributed by atoms with E-state index in [1.165, 1.54) is 16.7 Å². The first-order valence-electron chi connectivity index (χ1n) is 11.6. The van der Waals surface area contributed by atoms with Gasteiger partial charge in [-0.3, -0.25) is 14.5 Å². The molecule has 1 unspecified atom stereocenters. The summed E-state index contributed by atoms with van der Waals surface area (Å²) >= 11 is 0. The van der Waals surface area contributed by atoms with Crippen LogP contribution < -0.4 is 0 Å². The highest BCUT2D eigenvalue weighted by molar-refractivity contribution is 5.73. The highest BCUT2D eigenvalue weighted by Crippen LogP contribution is 2.28. The van der Waals surface area contributed by atoms with E-state index in [9.17, 15) is 13.2 Å². The van der Waals surface area contributed by atoms with Crippen molar-refractivity contribution in [3.63, 3.8) is 0 Å². The number of carboxylic acid groups (broad SMARTS) is 1. The second kappa shape index (κ2) is 10.7. The monoisotopic (exact) mass is 515 g/mol. The molecule has 3 aromatic heterocycles. The first-order valence-corrected chi connectivity index (χ1v) is 11.6. The van der Waals surface area contributed by atoms with Gasteiger partial charge in [0.25, 0.3) is 0 Å². The number of nitrogens with zero attached hydrogens (tertiary/aromatic N) is 7. The summed E-state index contributed by atoms with van der Waals surface area (Å²) in [6, 6.07) is 13.1. The molecule has 4 heterocycles. The van der Waals surface area contributed by atoms with E-state index in [-0.39, 0.29) is 6.04 Å². The van der Waals surface area contributed by atoms with Crippen molar-refractivity contribution < 1.29 is 23.1 Å². The molecule has 37 heavy (non-hydrogen) atoms. The van der Waals surface area contributed by atoms with E-state index in [1.807, 2.05) is 22.4 Å². The zero-order valence-corrected chi connectivity index (χ0v) is 20.7. The summed E-state index contributed by atoms with van der Waals surface area (Å²) in [4.78, 5) is 13.8. The van der Waals surface area contributed by atoms with Gasteiger partial charge in [-0.1, -0.05) is 41.1 Å². The third kappa shape index (κ3) is 6.33. The molecule has 1 atom stereocenters. The van der Waals surface area contributed by atoms with Crippen LogP contribution in [0, 0.1) is 6.92 Å². The molecule has 1 fully saturated rings. The molecule has 0 aliphatic carbocycles. The summed E-state index contributed by atoms with van der Waals surface area (Å²) in [7, 11) is 4.14. The highest BCUT2D eigenvalue weighted by atomic mass is 19.4. The van der Waals surface area contributed by atoms with Crippen molar-refractivity contribution in [2.75, 3.05) is 26.7 Å². The Morgan fingerprint density at radius 3 is 2.35 bits per heavy atom. The van der Waals surface area contributed by atoms with Crippen LogP contribution in [0.5, 0.6) is 0 Å².